The number of esters is 1. The molecule has 0 saturated heterocycles. The third-order valence-electron chi connectivity index (χ3n) is 5.89. The minimum absolute atomic E-state index is 0.273. The van der Waals surface area contributed by atoms with Crippen molar-refractivity contribution < 1.29 is 9.53 Å². The minimum Gasteiger partial charge on any atom is -0.461 e. The quantitative estimate of drug-likeness (QED) is 0.862. The predicted octanol–water partition coefficient (Wildman–Crippen LogP) is 3.03. The van der Waals surface area contributed by atoms with Crippen LogP contribution in [0.2, 0.25) is 0 Å². The van der Waals surface area contributed by atoms with E-state index in [9.17, 15) is 4.79 Å². The molecular weight excluding hydrogens is 276 g/mol. The molecule has 4 aliphatic rings. The molecule has 1 aromatic heterocycles. The molecule has 2 aromatic rings. The van der Waals surface area contributed by atoms with E-state index < -0.39 is 0 Å². The summed E-state index contributed by atoms with van der Waals surface area (Å²) < 4.78 is 5.13. The Bertz CT molecular complexity index is 767. The van der Waals surface area contributed by atoms with Gasteiger partial charge in [-0.3, -0.25) is 5.10 Å². The second-order valence-electron chi connectivity index (χ2n) is 6.70. The van der Waals surface area contributed by atoms with Gasteiger partial charge in [0.15, 0.2) is 5.69 Å². The average Bonchev–Trinajstić information content (AvgIpc) is 3.13. The fraction of sp³-hybridized carbons (Fsp3) is 0.444. The second kappa shape index (κ2) is 4.00. The van der Waals surface area contributed by atoms with Crippen molar-refractivity contribution in [2.24, 2.45) is 11.3 Å². The first kappa shape index (κ1) is 12.4. The van der Waals surface area contributed by atoms with Gasteiger partial charge in [0, 0.05) is 17.2 Å². The number of aromatic amines is 1. The van der Waals surface area contributed by atoms with Crippen molar-refractivity contribution in [1.82, 2.24) is 10.2 Å². The number of benzene rings is 1. The van der Waals surface area contributed by atoms with E-state index in [0.717, 1.165) is 12.3 Å². The zero-order valence-electron chi connectivity index (χ0n) is 12.5. The maximum atomic E-state index is 12.0. The second-order valence-corrected chi connectivity index (χ2v) is 6.70. The van der Waals surface area contributed by atoms with E-state index in [1.807, 2.05) is 6.92 Å². The van der Waals surface area contributed by atoms with Gasteiger partial charge in [0.1, 0.15) is 0 Å². The Morgan fingerprint density at radius 1 is 1.32 bits per heavy atom. The minimum atomic E-state index is -0.273. The monoisotopic (exact) mass is 294 g/mol. The summed E-state index contributed by atoms with van der Waals surface area (Å²) in [4.78, 5) is 12.0. The molecule has 1 N–H and O–H groups in total. The molecule has 1 unspecified atom stereocenters. The van der Waals surface area contributed by atoms with Gasteiger partial charge in [0.25, 0.3) is 0 Å². The van der Waals surface area contributed by atoms with Crippen LogP contribution in [0.25, 0.3) is 0 Å². The molecule has 2 fully saturated rings. The zero-order chi connectivity index (χ0) is 14.9. The summed E-state index contributed by atoms with van der Waals surface area (Å²) in [6, 6.07) is 10.7. The Hall–Kier alpha value is -2.10. The molecule has 22 heavy (non-hydrogen) atoms. The molecule has 1 aromatic carbocycles. The van der Waals surface area contributed by atoms with Crippen LogP contribution < -0.4 is 0 Å². The smallest absolute Gasteiger partial charge is 0.359 e. The van der Waals surface area contributed by atoms with Crippen molar-refractivity contribution in [2.45, 2.75) is 31.6 Å². The average molecular weight is 294 g/mol. The summed E-state index contributed by atoms with van der Waals surface area (Å²) in [6.45, 7) is 2.23. The number of hydrogen-bond donors (Lipinski definition) is 1. The molecule has 4 heteroatoms. The number of aryl methyl sites for hydroxylation is 1. The van der Waals surface area contributed by atoms with Crippen LogP contribution in [0.5, 0.6) is 0 Å². The van der Waals surface area contributed by atoms with Crippen LogP contribution >= 0.6 is 0 Å². The number of nitrogens with one attached hydrogen (secondary N) is 1. The van der Waals surface area contributed by atoms with Gasteiger partial charge in [-0.2, -0.15) is 5.10 Å². The number of carbonyl (C=O) groups excluding carboxylic acids is 1. The third kappa shape index (κ3) is 1.33. The maximum absolute atomic E-state index is 12.0. The highest BCUT2D eigenvalue weighted by Gasteiger charge is 2.91. The number of hydrogen-bond acceptors (Lipinski definition) is 3. The van der Waals surface area contributed by atoms with Gasteiger partial charge in [0.2, 0.25) is 0 Å². The van der Waals surface area contributed by atoms with Crippen LogP contribution in [0.4, 0.5) is 0 Å². The number of H-pyrrole nitrogens is 1. The summed E-state index contributed by atoms with van der Waals surface area (Å²) in [5.41, 5.74) is 4.75. The SMILES string of the molecule is CCOC(=O)c1n[nH]c2c1C1[C@@H]3[C@H]2[C@@]13CCc1ccccc1. The Labute approximate surface area is 128 Å². The number of nitrogens with zero attached hydrogens (tertiary/aromatic N) is 1. The lowest BCUT2D eigenvalue weighted by atomic mass is 9.95. The zero-order valence-corrected chi connectivity index (χ0v) is 12.5. The molecule has 0 aliphatic heterocycles. The van der Waals surface area contributed by atoms with Crippen molar-refractivity contribution in [3.63, 3.8) is 0 Å². The molecule has 4 aliphatic carbocycles. The highest BCUT2D eigenvalue weighted by molar-refractivity contribution is 5.91. The van der Waals surface area contributed by atoms with Gasteiger partial charge in [-0.15, -0.1) is 0 Å². The molecule has 112 valence electrons. The normalized spacial score (nSPS) is 32.3. The maximum Gasteiger partial charge on any atom is 0.359 e. The van der Waals surface area contributed by atoms with Crippen molar-refractivity contribution >= 4 is 5.97 Å². The van der Waals surface area contributed by atoms with Crippen molar-refractivity contribution in [3.8, 4) is 0 Å². The fourth-order valence-electron chi connectivity index (χ4n) is 4.90. The summed E-state index contributed by atoms with van der Waals surface area (Å²) in [7, 11) is 0. The van der Waals surface area contributed by atoms with Gasteiger partial charge in [0.05, 0.1) is 6.61 Å². The lowest BCUT2D eigenvalue weighted by molar-refractivity contribution is 0.0518. The van der Waals surface area contributed by atoms with E-state index in [1.165, 1.54) is 23.2 Å². The molecule has 6 rings (SSSR count). The standard InChI is InChI=1S/C18H18N2O2/c1-2-22-17(21)16-11-12-13-14(15(11)19-20-16)18(12,13)9-8-10-6-4-3-5-7-10/h3-7,12-14H,2,8-9H2,1H3,(H,19,20)/t12?,13-,14-,18+/m1/s1. The summed E-state index contributed by atoms with van der Waals surface area (Å²) in [5, 5.41) is 7.31. The number of rotatable bonds is 5. The van der Waals surface area contributed by atoms with Crippen molar-refractivity contribution in [2.75, 3.05) is 6.61 Å². The first-order chi connectivity index (χ1) is 10.8. The molecule has 2 saturated carbocycles. The van der Waals surface area contributed by atoms with Gasteiger partial charge in [-0.25, -0.2) is 4.79 Å². The van der Waals surface area contributed by atoms with Crippen LogP contribution in [-0.4, -0.2) is 22.8 Å². The molecule has 4 atom stereocenters. The third-order valence-corrected chi connectivity index (χ3v) is 5.89. The van der Waals surface area contributed by atoms with Gasteiger partial charge >= 0.3 is 5.97 Å². The molecule has 0 spiro atoms. The molecule has 4 nitrogen and oxygen atoms in total. The lowest BCUT2D eigenvalue weighted by Gasteiger charge is -2.09. The van der Waals surface area contributed by atoms with E-state index in [2.05, 4.69) is 40.5 Å². The number of carbonyl (C=O) groups is 1. The Morgan fingerprint density at radius 3 is 2.91 bits per heavy atom. The van der Waals surface area contributed by atoms with E-state index in [4.69, 9.17) is 4.74 Å². The van der Waals surface area contributed by atoms with Crippen molar-refractivity contribution in [3.05, 3.63) is 52.8 Å². The van der Waals surface area contributed by atoms with Gasteiger partial charge in [-0.1, -0.05) is 30.3 Å². The summed E-state index contributed by atoms with van der Waals surface area (Å²) in [6.07, 6.45) is 2.33. The van der Waals surface area contributed by atoms with Crippen LogP contribution in [0.1, 0.15) is 52.5 Å². The van der Waals surface area contributed by atoms with Crippen LogP contribution in [0.3, 0.4) is 0 Å². The Balaban J connectivity index is 1.35. The molecule has 2 bridgehead atoms. The van der Waals surface area contributed by atoms with Crippen LogP contribution in [0.15, 0.2) is 30.3 Å². The van der Waals surface area contributed by atoms with Crippen LogP contribution in [-0.2, 0) is 11.2 Å². The summed E-state index contributed by atoms with van der Waals surface area (Å²) in [5.74, 6) is 1.65. The van der Waals surface area contributed by atoms with Crippen molar-refractivity contribution in [1.29, 1.82) is 0 Å². The van der Waals surface area contributed by atoms with Gasteiger partial charge < -0.3 is 4.74 Å². The van der Waals surface area contributed by atoms with Crippen LogP contribution in [0, 0.1) is 11.3 Å². The lowest BCUT2D eigenvalue weighted by Crippen LogP contribution is -2.09. The molecular formula is C18H18N2O2. The van der Waals surface area contributed by atoms with Gasteiger partial charge in [-0.05, 0) is 42.6 Å². The molecule has 0 radical (unpaired) electrons. The Morgan fingerprint density at radius 2 is 2.14 bits per heavy atom. The van der Waals surface area contributed by atoms with E-state index in [-0.39, 0.29) is 5.97 Å². The van der Waals surface area contributed by atoms with E-state index in [1.54, 1.807) is 0 Å². The predicted molar refractivity (Wildman–Crippen MR) is 80.7 cm³/mol. The van der Waals surface area contributed by atoms with E-state index in [0.29, 0.717) is 29.6 Å². The highest BCUT2D eigenvalue weighted by atomic mass is 16.5. The summed E-state index contributed by atoms with van der Waals surface area (Å²) >= 11 is 0. The highest BCUT2D eigenvalue weighted by Crippen LogP contribution is 2.98. The molecule has 1 heterocycles. The molecule has 0 amide bonds. The topological polar surface area (TPSA) is 55.0 Å². The first-order valence-electron chi connectivity index (χ1n) is 8.08. The Kier molecular flexibility index (Phi) is 2.26. The first-order valence-corrected chi connectivity index (χ1v) is 8.08. The number of aromatic nitrogens is 2. The van der Waals surface area contributed by atoms with E-state index >= 15 is 0 Å². The largest absolute Gasteiger partial charge is 0.461 e. The number of ether oxygens (including phenoxy) is 1. The fourth-order valence-corrected chi connectivity index (χ4v) is 4.90.